The highest BCUT2D eigenvalue weighted by Crippen LogP contribution is 2.33. The molecule has 0 spiro atoms. The highest BCUT2D eigenvalue weighted by molar-refractivity contribution is 9.11. The average Bonchev–Trinajstić information content (AvgIpc) is 3.16. The topological polar surface area (TPSA) is 65.8 Å². The number of nitriles is 1. The van der Waals surface area contributed by atoms with Crippen molar-refractivity contribution in [2.24, 2.45) is 0 Å². The fourth-order valence-corrected chi connectivity index (χ4v) is 3.89. The van der Waals surface area contributed by atoms with Crippen molar-refractivity contribution in [2.75, 3.05) is 5.32 Å². The molecule has 4 nitrogen and oxygen atoms in total. The number of rotatable bonds is 3. The predicted molar refractivity (Wildman–Crippen MR) is 92.2 cm³/mol. The third kappa shape index (κ3) is 3.25. The van der Waals surface area contributed by atoms with E-state index < -0.39 is 0 Å². The number of halogens is 1. The van der Waals surface area contributed by atoms with E-state index in [2.05, 4.69) is 26.2 Å². The third-order valence-corrected chi connectivity index (χ3v) is 5.23. The van der Waals surface area contributed by atoms with Crippen molar-refractivity contribution in [1.29, 1.82) is 5.26 Å². The van der Waals surface area contributed by atoms with Gasteiger partial charge in [-0.3, -0.25) is 10.1 Å². The molecule has 0 atom stereocenters. The van der Waals surface area contributed by atoms with Crippen LogP contribution in [0.2, 0.25) is 0 Å². The molecular weight excluding hydrogens is 382 g/mol. The molecule has 7 heteroatoms. The molecule has 3 aromatic rings. The second kappa shape index (κ2) is 6.40. The minimum atomic E-state index is -0.238. The van der Waals surface area contributed by atoms with Gasteiger partial charge in [0.15, 0.2) is 5.13 Å². The number of nitrogens with zero attached hydrogens (tertiary/aromatic N) is 2. The van der Waals surface area contributed by atoms with Crippen molar-refractivity contribution in [3.63, 3.8) is 0 Å². The Hall–Kier alpha value is -2.01. The smallest absolute Gasteiger partial charge is 0.257 e. The highest BCUT2D eigenvalue weighted by Gasteiger charge is 2.11. The van der Waals surface area contributed by atoms with Crippen LogP contribution in [0.15, 0.2) is 45.6 Å². The SMILES string of the molecule is N#Cc1ccc(C(=O)Nc2nc(-c3ccc(Br)s3)cs2)cc1. The summed E-state index contributed by atoms with van der Waals surface area (Å²) in [5, 5.41) is 14.0. The monoisotopic (exact) mass is 389 g/mol. The second-order valence-corrected chi connectivity index (χ2v) is 7.61. The zero-order chi connectivity index (χ0) is 15.5. The van der Waals surface area contributed by atoms with E-state index in [1.54, 1.807) is 35.6 Å². The first-order chi connectivity index (χ1) is 10.7. The standard InChI is InChI=1S/C15H8BrN3OS2/c16-13-6-5-12(22-13)11-8-21-15(18-11)19-14(20)10-3-1-9(7-17)2-4-10/h1-6,8H,(H,18,19,20). The van der Waals surface area contributed by atoms with Crippen molar-refractivity contribution in [1.82, 2.24) is 4.98 Å². The molecule has 3 rings (SSSR count). The van der Waals surface area contributed by atoms with Gasteiger partial charge in [-0.2, -0.15) is 5.26 Å². The molecule has 0 aliphatic rings. The molecule has 0 saturated carbocycles. The molecule has 0 unspecified atom stereocenters. The summed E-state index contributed by atoms with van der Waals surface area (Å²) >= 11 is 6.39. The molecule has 0 aliphatic heterocycles. The van der Waals surface area contributed by atoms with Crippen LogP contribution in [0.5, 0.6) is 0 Å². The van der Waals surface area contributed by atoms with Crippen molar-refractivity contribution in [2.45, 2.75) is 0 Å². The molecule has 22 heavy (non-hydrogen) atoms. The van der Waals surface area contributed by atoms with E-state index in [4.69, 9.17) is 5.26 Å². The number of benzene rings is 1. The maximum Gasteiger partial charge on any atom is 0.257 e. The van der Waals surface area contributed by atoms with Crippen LogP contribution in [0.1, 0.15) is 15.9 Å². The van der Waals surface area contributed by atoms with Crippen LogP contribution >= 0.6 is 38.6 Å². The summed E-state index contributed by atoms with van der Waals surface area (Å²) in [6, 6.07) is 12.5. The van der Waals surface area contributed by atoms with Crippen LogP contribution in [-0.4, -0.2) is 10.9 Å². The summed E-state index contributed by atoms with van der Waals surface area (Å²) < 4.78 is 1.04. The molecule has 2 aromatic heterocycles. The Kier molecular flexibility index (Phi) is 4.34. The number of anilines is 1. The lowest BCUT2D eigenvalue weighted by molar-refractivity contribution is 0.102. The van der Waals surface area contributed by atoms with Crippen LogP contribution in [-0.2, 0) is 0 Å². The minimum Gasteiger partial charge on any atom is -0.298 e. The van der Waals surface area contributed by atoms with Gasteiger partial charge in [0.2, 0.25) is 0 Å². The summed E-state index contributed by atoms with van der Waals surface area (Å²) in [7, 11) is 0. The second-order valence-electron chi connectivity index (χ2n) is 4.28. The molecule has 1 N–H and O–H groups in total. The Labute approximate surface area is 143 Å². The summed E-state index contributed by atoms with van der Waals surface area (Å²) in [5.41, 5.74) is 1.86. The Morgan fingerprint density at radius 2 is 2.00 bits per heavy atom. The van der Waals surface area contributed by atoms with Crippen LogP contribution in [0.3, 0.4) is 0 Å². The number of amides is 1. The Morgan fingerprint density at radius 1 is 1.23 bits per heavy atom. The predicted octanol–water partition coefficient (Wildman–Crippen LogP) is 4.76. The lowest BCUT2D eigenvalue weighted by Crippen LogP contribution is -2.11. The third-order valence-electron chi connectivity index (χ3n) is 2.83. The number of hydrogen-bond acceptors (Lipinski definition) is 5. The van der Waals surface area contributed by atoms with Gasteiger partial charge in [0.25, 0.3) is 5.91 Å². The van der Waals surface area contributed by atoms with Crippen molar-refractivity contribution in [3.05, 3.63) is 56.7 Å². The quantitative estimate of drug-likeness (QED) is 0.701. The molecule has 1 aromatic carbocycles. The number of nitrogens with one attached hydrogen (secondary N) is 1. The first kappa shape index (κ1) is 14.9. The van der Waals surface area contributed by atoms with E-state index in [1.807, 2.05) is 23.6 Å². The molecule has 0 bridgehead atoms. The van der Waals surface area contributed by atoms with Gasteiger partial charge in [-0.15, -0.1) is 22.7 Å². The largest absolute Gasteiger partial charge is 0.298 e. The molecule has 0 aliphatic carbocycles. The van der Waals surface area contributed by atoms with Gasteiger partial charge in [0, 0.05) is 10.9 Å². The van der Waals surface area contributed by atoms with Gasteiger partial charge in [-0.05, 0) is 52.3 Å². The first-order valence-corrected chi connectivity index (χ1v) is 8.67. The van der Waals surface area contributed by atoms with E-state index in [1.165, 1.54) is 11.3 Å². The molecular formula is C15H8BrN3OS2. The van der Waals surface area contributed by atoms with Gasteiger partial charge in [0.05, 0.1) is 26.0 Å². The van der Waals surface area contributed by atoms with E-state index in [-0.39, 0.29) is 5.91 Å². The van der Waals surface area contributed by atoms with Crippen LogP contribution in [0, 0.1) is 11.3 Å². The van der Waals surface area contributed by atoms with Crippen molar-refractivity contribution >= 4 is 49.6 Å². The normalized spacial score (nSPS) is 10.2. The highest BCUT2D eigenvalue weighted by atomic mass is 79.9. The van der Waals surface area contributed by atoms with E-state index in [0.717, 1.165) is 14.4 Å². The average molecular weight is 390 g/mol. The molecule has 1 amide bonds. The number of thiazole rings is 1. The Morgan fingerprint density at radius 3 is 2.64 bits per heavy atom. The molecule has 108 valence electrons. The van der Waals surface area contributed by atoms with E-state index in [9.17, 15) is 4.79 Å². The number of hydrogen-bond donors (Lipinski definition) is 1. The summed E-state index contributed by atoms with van der Waals surface area (Å²) in [6.07, 6.45) is 0. The maximum atomic E-state index is 12.1. The zero-order valence-electron chi connectivity index (χ0n) is 11.0. The summed E-state index contributed by atoms with van der Waals surface area (Å²) in [4.78, 5) is 17.6. The number of aromatic nitrogens is 1. The van der Waals surface area contributed by atoms with Crippen molar-refractivity contribution < 1.29 is 4.79 Å². The maximum absolute atomic E-state index is 12.1. The van der Waals surface area contributed by atoms with Crippen LogP contribution < -0.4 is 5.32 Å². The fourth-order valence-electron chi connectivity index (χ4n) is 1.76. The van der Waals surface area contributed by atoms with Gasteiger partial charge in [0.1, 0.15) is 0 Å². The zero-order valence-corrected chi connectivity index (χ0v) is 14.3. The Balaban J connectivity index is 1.74. The van der Waals surface area contributed by atoms with Gasteiger partial charge in [-0.25, -0.2) is 4.98 Å². The van der Waals surface area contributed by atoms with Crippen LogP contribution in [0.4, 0.5) is 5.13 Å². The van der Waals surface area contributed by atoms with E-state index in [0.29, 0.717) is 16.3 Å². The first-order valence-electron chi connectivity index (χ1n) is 6.18. The number of carbonyl (C=O) groups is 1. The lowest BCUT2D eigenvalue weighted by atomic mass is 10.1. The lowest BCUT2D eigenvalue weighted by Gasteiger charge is -2.01. The molecule has 0 saturated heterocycles. The fraction of sp³-hybridized carbons (Fsp3) is 0. The molecule has 0 radical (unpaired) electrons. The van der Waals surface area contributed by atoms with Gasteiger partial charge < -0.3 is 0 Å². The van der Waals surface area contributed by atoms with Crippen molar-refractivity contribution in [3.8, 4) is 16.6 Å². The minimum absolute atomic E-state index is 0.238. The van der Waals surface area contributed by atoms with Crippen LogP contribution in [0.25, 0.3) is 10.6 Å². The van der Waals surface area contributed by atoms with E-state index >= 15 is 0 Å². The Bertz CT molecular complexity index is 862. The molecule has 2 heterocycles. The summed E-state index contributed by atoms with van der Waals surface area (Å²) in [5.74, 6) is -0.238. The van der Waals surface area contributed by atoms with Gasteiger partial charge >= 0.3 is 0 Å². The van der Waals surface area contributed by atoms with Gasteiger partial charge in [-0.1, -0.05) is 0 Å². The molecule has 0 fully saturated rings. The number of carbonyl (C=O) groups excluding carboxylic acids is 1. The summed E-state index contributed by atoms with van der Waals surface area (Å²) in [6.45, 7) is 0. The number of thiophene rings is 1.